The van der Waals surface area contributed by atoms with Crippen molar-refractivity contribution >= 4 is 21.9 Å². The van der Waals surface area contributed by atoms with Crippen LogP contribution in [0.4, 0.5) is 5.95 Å². The van der Waals surface area contributed by atoms with Gasteiger partial charge in [-0.3, -0.25) is 0 Å². The van der Waals surface area contributed by atoms with E-state index in [0.717, 1.165) is 23.5 Å². The summed E-state index contributed by atoms with van der Waals surface area (Å²) < 4.78 is 5.24. The number of rotatable bonds is 5. The highest BCUT2D eigenvalue weighted by atomic mass is 79.9. The molecule has 1 heterocycles. The second-order valence-corrected chi connectivity index (χ2v) is 5.47. The summed E-state index contributed by atoms with van der Waals surface area (Å²) in [6.07, 6.45) is 5.11. The lowest BCUT2D eigenvalue weighted by Crippen LogP contribution is -2.36. The largest absolute Gasteiger partial charge is 0.481 e. The van der Waals surface area contributed by atoms with Gasteiger partial charge in [0.05, 0.1) is 7.11 Å². The van der Waals surface area contributed by atoms with Crippen molar-refractivity contribution in [2.45, 2.75) is 38.6 Å². The highest BCUT2D eigenvalue weighted by Gasteiger charge is 2.24. The normalized spacial score (nSPS) is 15.9. The third-order valence-corrected chi connectivity index (χ3v) is 3.73. The lowest BCUT2D eigenvalue weighted by atomic mass is 10.2. The molecule has 4 nitrogen and oxygen atoms in total. The van der Waals surface area contributed by atoms with Gasteiger partial charge in [-0.2, -0.15) is 4.98 Å². The van der Waals surface area contributed by atoms with E-state index in [1.54, 1.807) is 7.11 Å². The van der Waals surface area contributed by atoms with Crippen molar-refractivity contribution in [1.82, 2.24) is 9.97 Å². The van der Waals surface area contributed by atoms with E-state index in [1.165, 1.54) is 25.7 Å². The molecule has 100 valence electrons. The molecule has 2 rings (SSSR count). The quantitative estimate of drug-likeness (QED) is 0.783. The van der Waals surface area contributed by atoms with Gasteiger partial charge in [-0.25, -0.2) is 4.98 Å². The van der Waals surface area contributed by atoms with Crippen LogP contribution in [0.2, 0.25) is 0 Å². The Kier molecular flexibility index (Phi) is 4.80. The fourth-order valence-corrected chi connectivity index (χ4v) is 2.89. The average Bonchev–Trinajstić information content (AvgIpc) is 2.88. The van der Waals surface area contributed by atoms with Gasteiger partial charge < -0.3 is 9.64 Å². The Hall–Kier alpha value is -0.840. The van der Waals surface area contributed by atoms with Crippen LogP contribution in [0, 0.1) is 6.92 Å². The lowest BCUT2D eigenvalue weighted by Gasteiger charge is -2.28. The Morgan fingerprint density at radius 2 is 2.11 bits per heavy atom. The van der Waals surface area contributed by atoms with E-state index in [0.29, 0.717) is 11.9 Å². The van der Waals surface area contributed by atoms with Gasteiger partial charge in [0.1, 0.15) is 0 Å². The van der Waals surface area contributed by atoms with Crippen LogP contribution in [0.3, 0.4) is 0 Å². The van der Waals surface area contributed by atoms with Crippen molar-refractivity contribution < 1.29 is 4.74 Å². The molecule has 18 heavy (non-hydrogen) atoms. The van der Waals surface area contributed by atoms with E-state index in [4.69, 9.17) is 4.74 Å². The van der Waals surface area contributed by atoms with Crippen molar-refractivity contribution in [3.05, 3.63) is 11.8 Å². The van der Waals surface area contributed by atoms with E-state index in [9.17, 15) is 0 Å². The molecule has 1 aromatic rings. The number of aromatic nitrogens is 2. The highest BCUT2D eigenvalue weighted by Crippen LogP contribution is 2.27. The van der Waals surface area contributed by atoms with E-state index in [-0.39, 0.29) is 0 Å². The van der Waals surface area contributed by atoms with Crippen molar-refractivity contribution in [2.75, 3.05) is 23.9 Å². The molecular weight excluding hydrogens is 294 g/mol. The molecule has 0 atom stereocenters. The summed E-state index contributed by atoms with van der Waals surface area (Å²) in [5.41, 5.74) is 0.953. The molecule has 0 N–H and O–H groups in total. The highest BCUT2D eigenvalue weighted by molar-refractivity contribution is 9.09. The number of methoxy groups -OCH3 is 1. The minimum atomic E-state index is 0.578. The SMILES string of the molecule is COc1cc(C)nc(N(CCBr)C2CCCC2)n1. The second kappa shape index (κ2) is 6.36. The number of hydrogen-bond donors (Lipinski definition) is 0. The Bertz CT molecular complexity index is 394. The molecule has 1 aromatic heterocycles. The number of alkyl halides is 1. The first-order chi connectivity index (χ1) is 8.74. The second-order valence-electron chi connectivity index (χ2n) is 4.67. The third kappa shape index (κ3) is 3.13. The molecule has 5 heteroatoms. The van der Waals surface area contributed by atoms with Crippen molar-refractivity contribution in [1.29, 1.82) is 0 Å². The van der Waals surface area contributed by atoms with Crippen LogP contribution in [0.1, 0.15) is 31.4 Å². The maximum absolute atomic E-state index is 5.24. The van der Waals surface area contributed by atoms with Crippen LogP contribution >= 0.6 is 15.9 Å². The summed E-state index contributed by atoms with van der Waals surface area (Å²) in [4.78, 5) is 11.4. The molecule has 0 spiro atoms. The first-order valence-corrected chi connectivity index (χ1v) is 7.59. The minimum Gasteiger partial charge on any atom is -0.481 e. The van der Waals surface area contributed by atoms with Crippen LogP contribution in [0.25, 0.3) is 0 Å². The summed E-state index contributed by atoms with van der Waals surface area (Å²) in [6, 6.07) is 2.44. The smallest absolute Gasteiger partial charge is 0.229 e. The topological polar surface area (TPSA) is 38.2 Å². The minimum absolute atomic E-state index is 0.578. The molecule has 1 saturated carbocycles. The summed E-state index contributed by atoms with van der Waals surface area (Å²) in [6.45, 7) is 2.92. The van der Waals surface area contributed by atoms with E-state index >= 15 is 0 Å². The number of nitrogens with zero attached hydrogens (tertiary/aromatic N) is 3. The van der Waals surface area contributed by atoms with Crippen LogP contribution in [-0.4, -0.2) is 35.0 Å². The number of ether oxygens (including phenoxy) is 1. The number of halogens is 1. The molecule has 0 radical (unpaired) electrons. The summed E-state index contributed by atoms with van der Waals surface area (Å²) in [7, 11) is 1.65. The van der Waals surface area contributed by atoms with E-state index < -0.39 is 0 Å². The monoisotopic (exact) mass is 313 g/mol. The zero-order valence-electron chi connectivity index (χ0n) is 11.0. The fourth-order valence-electron chi connectivity index (χ4n) is 2.51. The molecule has 0 saturated heterocycles. The van der Waals surface area contributed by atoms with Gasteiger partial charge in [0, 0.05) is 29.7 Å². The van der Waals surface area contributed by atoms with Gasteiger partial charge in [0.2, 0.25) is 11.8 Å². The molecule has 0 aromatic carbocycles. The Morgan fingerprint density at radius 1 is 1.39 bits per heavy atom. The standard InChI is InChI=1S/C13H20BrN3O/c1-10-9-12(18-2)16-13(15-10)17(8-7-14)11-5-3-4-6-11/h9,11H,3-8H2,1-2H3. The molecule has 0 aliphatic heterocycles. The molecule has 0 amide bonds. The molecule has 1 fully saturated rings. The fraction of sp³-hybridized carbons (Fsp3) is 0.692. The average molecular weight is 314 g/mol. The lowest BCUT2D eigenvalue weighted by molar-refractivity contribution is 0.395. The molecule has 0 bridgehead atoms. The first-order valence-electron chi connectivity index (χ1n) is 6.47. The van der Waals surface area contributed by atoms with Gasteiger partial charge in [-0.15, -0.1) is 0 Å². The van der Waals surface area contributed by atoms with E-state index in [1.807, 2.05) is 13.0 Å². The van der Waals surface area contributed by atoms with Gasteiger partial charge in [-0.05, 0) is 19.8 Å². The summed E-state index contributed by atoms with van der Waals surface area (Å²) in [5.74, 6) is 1.45. The van der Waals surface area contributed by atoms with Crippen molar-refractivity contribution in [3.8, 4) is 5.88 Å². The van der Waals surface area contributed by atoms with Crippen molar-refractivity contribution in [3.63, 3.8) is 0 Å². The summed E-state index contributed by atoms with van der Waals surface area (Å²) >= 11 is 3.52. The molecular formula is C13H20BrN3O. The van der Waals surface area contributed by atoms with Crippen LogP contribution in [0.15, 0.2) is 6.07 Å². The maximum atomic E-state index is 5.24. The molecule has 1 aliphatic rings. The van der Waals surface area contributed by atoms with Gasteiger partial charge in [0.15, 0.2) is 0 Å². The molecule has 1 aliphatic carbocycles. The number of anilines is 1. The van der Waals surface area contributed by atoms with Crippen LogP contribution in [0.5, 0.6) is 5.88 Å². The van der Waals surface area contributed by atoms with Crippen LogP contribution < -0.4 is 9.64 Å². The number of hydrogen-bond acceptors (Lipinski definition) is 4. The predicted molar refractivity (Wildman–Crippen MR) is 76.7 cm³/mol. The van der Waals surface area contributed by atoms with Gasteiger partial charge in [0.25, 0.3) is 0 Å². The Morgan fingerprint density at radius 3 is 2.72 bits per heavy atom. The van der Waals surface area contributed by atoms with Gasteiger partial charge >= 0.3 is 0 Å². The van der Waals surface area contributed by atoms with E-state index in [2.05, 4.69) is 30.8 Å². The maximum Gasteiger partial charge on any atom is 0.229 e. The molecule has 0 unspecified atom stereocenters. The first kappa shape index (κ1) is 13.6. The zero-order chi connectivity index (χ0) is 13.0. The Labute approximate surface area is 117 Å². The zero-order valence-corrected chi connectivity index (χ0v) is 12.6. The van der Waals surface area contributed by atoms with Crippen molar-refractivity contribution in [2.24, 2.45) is 0 Å². The van der Waals surface area contributed by atoms with Gasteiger partial charge in [-0.1, -0.05) is 28.8 Å². The third-order valence-electron chi connectivity index (χ3n) is 3.38. The summed E-state index contributed by atoms with van der Waals surface area (Å²) in [5, 5.41) is 0.934. The predicted octanol–water partition coefficient (Wildman–Crippen LogP) is 2.94. The van der Waals surface area contributed by atoms with Crippen LogP contribution in [-0.2, 0) is 0 Å². The Balaban J connectivity index is 2.25. The number of aryl methyl sites for hydroxylation is 1.